The van der Waals surface area contributed by atoms with E-state index in [0.29, 0.717) is 16.0 Å². The van der Waals surface area contributed by atoms with Crippen LogP contribution in [0.3, 0.4) is 0 Å². The van der Waals surface area contributed by atoms with Crippen LogP contribution < -0.4 is 5.32 Å². The number of nitrogens with zero attached hydrogens (tertiary/aromatic N) is 1. The third-order valence-corrected chi connectivity index (χ3v) is 3.69. The van der Waals surface area contributed by atoms with Crippen molar-refractivity contribution in [3.63, 3.8) is 0 Å². The highest BCUT2D eigenvalue weighted by Crippen LogP contribution is 2.25. The Morgan fingerprint density at radius 2 is 2.00 bits per heavy atom. The maximum absolute atomic E-state index is 14.2. The number of carbonyl (C=O) groups excluding carboxylic acids is 1. The molecule has 0 fully saturated rings. The molecule has 0 atom stereocenters. The van der Waals surface area contributed by atoms with Crippen LogP contribution in [-0.4, -0.2) is 22.9 Å². The summed E-state index contributed by atoms with van der Waals surface area (Å²) < 4.78 is 14.7. The largest absolute Gasteiger partial charge is 0.623 e. The molecule has 1 aliphatic heterocycles. The van der Waals surface area contributed by atoms with Gasteiger partial charge in [-0.2, -0.15) is 4.74 Å². The van der Waals surface area contributed by atoms with Crippen molar-refractivity contribution in [3.05, 3.63) is 70.2 Å². The molecule has 3 rings (SSSR count). The second kappa shape index (κ2) is 5.60. The smallest absolute Gasteiger partial charge is 0.291 e. The molecular formula is C17H15FN2O2. The normalized spacial score (nSPS) is 14.4. The summed E-state index contributed by atoms with van der Waals surface area (Å²) in [6, 6.07) is 11.6. The predicted molar refractivity (Wildman–Crippen MR) is 82.6 cm³/mol. The SMILES string of the molecule is CCc1ccc2c(c1)C(c1ccccc1F)=[N+]([O-])CC(=O)N2. The van der Waals surface area contributed by atoms with Crippen LogP contribution in [0.25, 0.3) is 0 Å². The van der Waals surface area contributed by atoms with E-state index in [1.807, 2.05) is 19.1 Å². The standard InChI is InChI=1S/C17H15FN2O2/c1-2-11-7-8-15-13(9-11)17(20(22)10-16(21)19-15)12-5-3-4-6-14(12)18/h3-9H,2,10H2,1H3,(H,19,21). The molecule has 0 saturated carbocycles. The second-order valence-corrected chi connectivity index (χ2v) is 5.15. The van der Waals surface area contributed by atoms with Crippen molar-refractivity contribution in [3.8, 4) is 0 Å². The highest BCUT2D eigenvalue weighted by Gasteiger charge is 2.28. The van der Waals surface area contributed by atoms with Crippen LogP contribution in [-0.2, 0) is 11.2 Å². The number of nitrogens with one attached hydrogen (secondary N) is 1. The zero-order chi connectivity index (χ0) is 15.7. The number of amides is 1. The van der Waals surface area contributed by atoms with Gasteiger partial charge in [-0.3, -0.25) is 4.79 Å². The fraction of sp³-hybridized carbons (Fsp3) is 0.176. The molecule has 0 spiro atoms. The molecule has 4 nitrogen and oxygen atoms in total. The molecule has 22 heavy (non-hydrogen) atoms. The molecule has 0 saturated heterocycles. The van der Waals surface area contributed by atoms with Gasteiger partial charge in [-0.1, -0.05) is 25.1 Å². The van der Waals surface area contributed by atoms with Gasteiger partial charge in [0, 0.05) is 0 Å². The molecule has 112 valence electrons. The van der Waals surface area contributed by atoms with E-state index in [4.69, 9.17) is 0 Å². The minimum Gasteiger partial charge on any atom is -0.623 e. The van der Waals surface area contributed by atoms with Gasteiger partial charge in [-0.25, -0.2) is 4.39 Å². The summed E-state index contributed by atoms with van der Waals surface area (Å²) in [6.45, 7) is 1.63. The summed E-state index contributed by atoms with van der Waals surface area (Å²) in [7, 11) is 0. The number of benzene rings is 2. The number of aryl methyl sites for hydroxylation is 1. The topological polar surface area (TPSA) is 55.2 Å². The zero-order valence-corrected chi connectivity index (χ0v) is 12.1. The van der Waals surface area contributed by atoms with E-state index in [0.717, 1.165) is 12.0 Å². The molecule has 0 aliphatic carbocycles. The van der Waals surface area contributed by atoms with Gasteiger partial charge >= 0.3 is 0 Å². The molecule has 0 bridgehead atoms. The summed E-state index contributed by atoms with van der Waals surface area (Å²) in [4.78, 5) is 11.8. The van der Waals surface area contributed by atoms with Gasteiger partial charge in [0.05, 0.1) is 16.8 Å². The Morgan fingerprint density at radius 3 is 2.73 bits per heavy atom. The second-order valence-electron chi connectivity index (χ2n) is 5.15. The Kier molecular flexibility index (Phi) is 3.63. The van der Waals surface area contributed by atoms with Gasteiger partial charge in [-0.05, 0) is 36.2 Å². The quantitative estimate of drug-likeness (QED) is 0.684. The average molecular weight is 298 g/mol. The lowest BCUT2D eigenvalue weighted by atomic mass is 9.97. The minimum absolute atomic E-state index is 0.182. The first-order chi connectivity index (χ1) is 10.6. The van der Waals surface area contributed by atoms with E-state index < -0.39 is 11.7 Å². The van der Waals surface area contributed by atoms with E-state index >= 15 is 0 Å². The highest BCUT2D eigenvalue weighted by atomic mass is 19.1. The van der Waals surface area contributed by atoms with Crippen molar-refractivity contribution in [2.24, 2.45) is 0 Å². The maximum Gasteiger partial charge on any atom is 0.291 e. The number of rotatable bonds is 2. The van der Waals surface area contributed by atoms with Gasteiger partial charge in [0.1, 0.15) is 5.82 Å². The lowest BCUT2D eigenvalue weighted by Gasteiger charge is -2.11. The Balaban J connectivity index is 2.29. The van der Waals surface area contributed by atoms with Gasteiger partial charge in [0.25, 0.3) is 5.91 Å². The number of benzodiazepines with no additional fused rings is 1. The molecule has 2 aromatic carbocycles. The van der Waals surface area contributed by atoms with Crippen LogP contribution >= 0.6 is 0 Å². The van der Waals surface area contributed by atoms with E-state index in [1.165, 1.54) is 6.07 Å². The Morgan fingerprint density at radius 1 is 1.23 bits per heavy atom. The summed E-state index contributed by atoms with van der Waals surface area (Å²) in [5.74, 6) is -0.896. The number of anilines is 1. The van der Waals surface area contributed by atoms with Crippen LogP contribution in [0.4, 0.5) is 10.1 Å². The number of hydrogen-bond donors (Lipinski definition) is 1. The zero-order valence-electron chi connectivity index (χ0n) is 12.1. The molecular weight excluding hydrogens is 283 g/mol. The van der Waals surface area contributed by atoms with Crippen LogP contribution in [0.1, 0.15) is 23.6 Å². The molecule has 1 amide bonds. The summed E-state index contributed by atoms with van der Waals surface area (Å²) in [6.07, 6.45) is 0.782. The average Bonchev–Trinajstić information content (AvgIpc) is 2.62. The third kappa shape index (κ3) is 2.45. The monoisotopic (exact) mass is 298 g/mol. The van der Waals surface area contributed by atoms with Crippen molar-refractivity contribution in [1.29, 1.82) is 0 Å². The fourth-order valence-corrected chi connectivity index (χ4v) is 2.58. The van der Waals surface area contributed by atoms with Gasteiger partial charge < -0.3 is 10.5 Å². The number of hydrogen-bond acceptors (Lipinski definition) is 2. The van der Waals surface area contributed by atoms with E-state index in [9.17, 15) is 14.4 Å². The van der Waals surface area contributed by atoms with Gasteiger partial charge in [-0.15, -0.1) is 0 Å². The number of halogens is 1. The Bertz CT molecular complexity index is 784. The van der Waals surface area contributed by atoms with Gasteiger partial charge in [0.2, 0.25) is 12.3 Å². The van der Waals surface area contributed by atoms with E-state index in [1.54, 1.807) is 24.3 Å². The first-order valence-electron chi connectivity index (χ1n) is 7.10. The molecule has 0 radical (unpaired) electrons. The lowest BCUT2D eigenvalue weighted by Crippen LogP contribution is -2.24. The molecule has 2 aromatic rings. The van der Waals surface area contributed by atoms with Crippen molar-refractivity contribution < 1.29 is 13.9 Å². The Hall–Kier alpha value is -2.69. The fourth-order valence-electron chi connectivity index (χ4n) is 2.58. The van der Waals surface area contributed by atoms with Crippen LogP contribution in [0, 0.1) is 11.0 Å². The molecule has 1 N–H and O–H groups in total. The molecule has 1 heterocycles. The molecule has 0 aromatic heterocycles. The number of fused-ring (bicyclic) bond motifs is 1. The summed E-state index contributed by atoms with van der Waals surface area (Å²) in [5, 5.41) is 15.1. The first-order valence-corrected chi connectivity index (χ1v) is 7.10. The van der Waals surface area contributed by atoms with E-state index in [2.05, 4.69) is 5.32 Å². The number of carbonyl (C=O) groups is 1. The van der Waals surface area contributed by atoms with Crippen LogP contribution in [0.5, 0.6) is 0 Å². The van der Waals surface area contributed by atoms with Gasteiger partial charge in [0.15, 0.2) is 0 Å². The summed E-state index contributed by atoms with van der Waals surface area (Å²) in [5.41, 5.74) is 2.46. The highest BCUT2D eigenvalue weighted by molar-refractivity contribution is 6.16. The third-order valence-electron chi connectivity index (χ3n) is 3.69. The van der Waals surface area contributed by atoms with Crippen molar-refractivity contribution in [2.45, 2.75) is 13.3 Å². The van der Waals surface area contributed by atoms with E-state index in [-0.39, 0.29) is 17.8 Å². The predicted octanol–water partition coefficient (Wildman–Crippen LogP) is 2.69. The van der Waals surface area contributed by atoms with Crippen molar-refractivity contribution in [2.75, 3.05) is 11.9 Å². The minimum atomic E-state index is -0.486. The molecule has 1 aliphatic rings. The number of hydroxylamine groups is 1. The summed E-state index contributed by atoms with van der Waals surface area (Å²) >= 11 is 0. The van der Waals surface area contributed by atoms with Crippen LogP contribution in [0.2, 0.25) is 0 Å². The molecule has 0 unspecified atom stereocenters. The maximum atomic E-state index is 14.2. The van der Waals surface area contributed by atoms with Crippen LogP contribution in [0.15, 0.2) is 42.5 Å². The lowest BCUT2D eigenvalue weighted by molar-refractivity contribution is -0.443. The first kappa shape index (κ1) is 14.3. The van der Waals surface area contributed by atoms with Crippen molar-refractivity contribution >= 4 is 17.3 Å². The van der Waals surface area contributed by atoms with Crippen molar-refractivity contribution in [1.82, 2.24) is 0 Å². The molecule has 5 heteroatoms. The Labute approximate surface area is 127 Å².